The fraction of sp³-hybridized carbons (Fsp3) is 0.429. The molecule has 122 valence electrons. The summed E-state index contributed by atoms with van der Waals surface area (Å²) in [5.74, 6) is 0.582. The molecule has 0 spiro atoms. The van der Waals surface area contributed by atoms with Gasteiger partial charge >= 0.3 is 0 Å². The first kappa shape index (κ1) is 16.2. The lowest BCUT2D eigenvalue weighted by atomic mass is 9.99. The van der Waals surface area contributed by atoms with Gasteiger partial charge in [-0.05, 0) is 43.0 Å². The number of piperidine rings is 1. The summed E-state index contributed by atoms with van der Waals surface area (Å²) in [4.78, 5) is 2.58. The SMILES string of the molecule is C[C@H](CNC1CCN(Cc2ccccc2)CC1)c1ccccc1. The predicted molar refractivity (Wildman–Crippen MR) is 97.6 cm³/mol. The first-order valence-electron chi connectivity index (χ1n) is 8.86. The molecule has 23 heavy (non-hydrogen) atoms. The number of benzene rings is 2. The van der Waals surface area contributed by atoms with Crippen molar-refractivity contribution < 1.29 is 0 Å². The lowest BCUT2D eigenvalue weighted by molar-refractivity contribution is 0.190. The van der Waals surface area contributed by atoms with Crippen LogP contribution in [0.25, 0.3) is 0 Å². The number of nitrogens with zero attached hydrogens (tertiary/aromatic N) is 1. The Labute approximate surface area is 140 Å². The van der Waals surface area contributed by atoms with Crippen LogP contribution in [0.15, 0.2) is 60.7 Å². The van der Waals surface area contributed by atoms with E-state index in [9.17, 15) is 0 Å². The minimum absolute atomic E-state index is 0.582. The van der Waals surface area contributed by atoms with Gasteiger partial charge in [-0.15, -0.1) is 0 Å². The Balaban J connectivity index is 1.39. The van der Waals surface area contributed by atoms with Crippen LogP contribution in [0.5, 0.6) is 0 Å². The van der Waals surface area contributed by atoms with E-state index in [4.69, 9.17) is 0 Å². The van der Waals surface area contributed by atoms with E-state index in [1.165, 1.54) is 37.1 Å². The Morgan fingerprint density at radius 1 is 0.957 bits per heavy atom. The molecule has 0 bridgehead atoms. The average Bonchev–Trinajstić information content (AvgIpc) is 2.62. The van der Waals surface area contributed by atoms with Gasteiger partial charge in [0.2, 0.25) is 0 Å². The maximum Gasteiger partial charge on any atom is 0.0233 e. The molecule has 1 aliphatic heterocycles. The van der Waals surface area contributed by atoms with Gasteiger partial charge in [-0.3, -0.25) is 4.90 Å². The normalized spacial score (nSPS) is 18.0. The Morgan fingerprint density at radius 2 is 1.57 bits per heavy atom. The molecule has 1 fully saturated rings. The minimum atomic E-state index is 0.582. The van der Waals surface area contributed by atoms with Crippen LogP contribution in [0.1, 0.15) is 36.8 Å². The summed E-state index contributed by atoms with van der Waals surface area (Å²) < 4.78 is 0. The summed E-state index contributed by atoms with van der Waals surface area (Å²) >= 11 is 0. The fourth-order valence-corrected chi connectivity index (χ4v) is 3.38. The highest BCUT2D eigenvalue weighted by molar-refractivity contribution is 5.19. The van der Waals surface area contributed by atoms with E-state index in [1.807, 2.05) is 0 Å². The number of likely N-dealkylation sites (tertiary alicyclic amines) is 1. The Hall–Kier alpha value is -1.64. The Kier molecular flexibility index (Phi) is 5.84. The summed E-state index contributed by atoms with van der Waals surface area (Å²) in [6.45, 7) is 6.88. The molecule has 3 rings (SSSR count). The zero-order valence-electron chi connectivity index (χ0n) is 14.1. The first-order valence-corrected chi connectivity index (χ1v) is 8.86. The molecule has 1 aliphatic rings. The van der Waals surface area contributed by atoms with Crippen molar-refractivity contribution in [2.24, 2.45) is 0 Å². The molecule has 0 saturated carbocycles. The van der Waals surface area contributed by atoms with Crippen LogP contribution in [-0.4, -0.2) is 30.6 Å². The van der Waals surface area contributed by atoms with Crippen LogP contribution in [-0.2, 0) is 6.54 Å². The molecule has 1 N–H and O–H groups in total. The number of nitrogens with one attached hydrogen (secondary N) is 1. The molecule has 2 nitrogen and oxygen atoms in total. The van der Waals surface area contributed by atoms with Crippen LogP contribution in [0.3, 0.4) is 0 Å². The molecule has 2 aromatic rings. The molecule has 1 saturated heterocycles. The van der Waals surface area contributed by atoms with Crippen LogP contribution >= 0.6 is 0 Å². The van der Waals surface area contributed by atoms with Gasteiger partial charge < -0.3 is 5.32 Å². The third-order valence-corrected chi connectivity index (χ3v) is 4.92. The number of rotatable bonds is 6. The Morgan fingerprint density at radius 3 is 2.22 bits per heavy atom. The largest absolute Gasteiger partial charge is 0.313 e. The highest BCUT2D eigenvalue weighted by atomic mass is 15.1. The molecule has 1 atom stereocenters. The molecule has 0 aliphatic carbocycles. The van der Waals surface area contributed by atoms with Gasteiger partial charge in [0.15, 0.2) is 0 Å². The van der Waals surface area contributed by atoms with Gasteiger partial charge in [0.1, 0.15) is 0 Å². The van der Waals surface area contributed by atoms with E-state index >= 15 is 0 Å². The highest BCUT2D eigenvalue weighted by Crippen LogP contribution is 2.17. The monoisotopic (exact) mass is 308 g/mol. The van der Waals surface area contributed by atoms with E-state index in [1.54, 1.807) is 0 Å². The molecule has 2 aromatic carbocycles. The summed E-state index contributed by atoms with van der Waals surface area (Å²) in [5, 5.41) is 3.78. The first-order chi connectivity index (χ1) is 11.3. The topological polar surface area (TPSA) is 15.3 Å². The maximum absolute atomic E-state index is 3.78. The minimum Gasteiger partial charge on any atom is -0.313 e. The van der Waals surface area contributed by atoms with E-state index in [2.05, 4.69) is 77.8 Å². The van der Waals surface area contributed by atoms with Crippen molar-refractivity contribution in [3.05, 3.63) is 71.8 Å². The molecule has 0 amide bonds. The molecular weight excluding hydrogens is 280 g/mol. The zero-order chi connectivity index (χ0) is 15.9. The van der Waals surface area contributed by atoms with Crippen LogP contribution in [0.4, 0.5) is 0 Å². The van der Waals surface area contributed by atoms with Crippen LogP contribution in [0, 0.1) is 0 Å². The molecule has 2 heteroatoms. The summed E-state index contributed by atoms with van der Waals surface area (Å²) in [6, 6.07) is 22.3. The zero-order valence-corrected chi connectivity index (χ0v) is 14.1. The lowest BCUT2D eigenvalue weighted by Gasteiger charge is -2.33. The predicted octanol–water partition coefficient (Wildman–Crippen LogP) is 4.04. The Bertz CT molecular complexity index is 559. The van der Waals surface area contributed by atoms with Gasteiger partial charge in [0, 0.05) is 19.1 Å². The van der Waals surface area contributed by atoms with Gasteiger partial charge in [-0.2, -0.15) is 0 Å². The van der Waals surface area contributed by atoms with E-state index in [0.717, 1.165) is 13.1 Å². The molecule has 0 unspecified atom stereocenters. The van der Waals surface area contributed by atoms with Gasteiger partial charge in [0.05, 0.1) is 0 Å². The second-order valence-electron chi connectivity index (χ2n) is 6.76. The van der Waals surface area contributed by atoms with Crippen molar-refractivity contribution in [2.75, 3.05) is 19.6 Å². The average molecular weight is 308 g/mol. The fourth-order valence-electron chi connectivity index (χ4n) is 3.38. The van der Waals surface area contributed by atoms with Gasteiger partial charge in [-0.1, -0.05) is 67.6 Å². The van der Waals surface area contributed by atoms with Crippen molar-refractivity contribution in [3.8, 4) is 0 Å². The van der Waals surface area contributed by atoms with Crippen LogP contribution in [0.2, 0.25) is 0 Å². The van der Waals surface area contributed by atoms with E-state index in [-0.39, 0.29) is 0 Å². The molecule has 1 heterocycles. The van der Waals surface area contributed by atoms with Crippen molar-refractivity contribution in [3.63, 3.8) is 0 Å². The molecule has 0 radical (unpaired) electrons. The van der Waals surface area contributed by atoms with Gasteiger partial charge in [0.25, 0.3) is 0 Å². The van der Waals surface area contributed by atoms with Crippen molar-refractivity contribution in [2.45, 2.75) is 38.3 Å². The quantitative estimate of drug-likeness (QED) is 0.866. The summed E-state index contributed by atoms with van der Waals surface area (Å²) in [5.41, 5.74) is 2.86. The third kappa shape index (κ3) is 4.92. The van der Waals surface area contributed by atoms with Crippen LogP contribution < -0.4 is 5.32 Å². The summed E-state index contributed by atoms with van der Waals surface area (Å²) in [7, 11) is 0. The van der Waals surface area contributed by atoms with Crippen molar-refractivity contribution >= 4 is 0 Å². The van der Waals surface area contributed by atoms with Gasteiger partial charge in [-0.25, -0.2) is 0 Å². The second-order valence-corrected chi connectivity index (χ2v) is 6.76. The summed E-state index contributed by atoms with van der Waals surface area (Å²) in [6.07, 6.45) is 2.52. The molecule has 0 aromatic heterocycles. The second kappa shape index (κ2) is 8.28. The van der Waals surface area contributed by atoms with E-state index in [0.29, 0.717) is 12.0 Å². The standard InChI is InChI=1S/C21H28N2/c1-18(20-10-6-3-7-11-20)16-22-21-12-14-23(15-13-21)17-19-8-4-2-5-9-19/h2-11,18,21-22H,12-17H2,1H3/t18-/m1/s1. The smallest absolute Gasteiger partial charge is 0.0233 e. The highest BCUT2D eigenvalue weighted by Gasteiger charge is 2.19. The van der Waals surface area contributed by atoms with Crippen molar-refractivity contribution in [1.82, 2.24) is 10.2 Å². The molecular formula is C21H28N2. The third-order valence-electron chi connectivity index (χ3n) is 4.92. The maximum atomic E-state index is 3.78. The van der Waals surface area contributed by atoms with Crippen molar-refractivity contribution in [1.29, 1.82) is 0 Å². The lowest BCUT2D eigenvalue weighted by Crippen LogP contribution is -2.43. The number of hydrogen-bond donors (Lipinski definition) is 1. The van der Waals surface area contributed by atoms with E-state index < -0.39 is 0 Å². The number of hydrogen-bond acceptors (Lipinski definition) is 2.